The van der Waals surface area contributed by atoms with Crippen molar-refractivity contribution in [1.82, 2.24) is 16.0 Å². The van der Waals surface area contributed by atoms with Crippen LogP contribution in [0.5, 0.6) is 0 Å². The Morgan fingerprint density at radius 1 is 0.756 bits per heavy atom. The summed E-state index contributed by atoms with van der Waals surface area (Å²) in [6.45, 7) is 9.61. The number of aliphatic hydroxyl groups excluding tert-OH is 1. The third-order valence-corrected chi connectivity index (χ3v) is 7.79. The van der Waals surface area contributed by atoms with Gasteiger partial charge >= 0.3 is 6.09 Å². The second kappa shape index (κ2) is 17.4. The van der Waals surface area contributed by atoms with Crippen molar-refractivity contribution in [3.05, 3.63) is 108 Å². The molecule has 8 nitrogen and oxygen atoms in total. The Morgan fingerprint density at radius 3 is 1.78 bits per heavy atom. The molecular formula is C37H49N3O5. The summed E-state index contributed by atoms with van der Waals surface area (Å²) in [4.78, 5) is 40.1. The third kappa shape index (κ3) is 12.4. The van der Waals surface area contributed by atoms with Crippen molar-refractivity contribution in [1.29, 1.82) is 0 Å². The van der Waals surface area contributed by atoms with E-state index in [0.717, 1.165) is 16.7 Å². The first-order chi connectivity index (χ1) is 21.4. The highest BCUT2D eigenvalue weighted by molar-refractivity contribution is 5.88. The quantitative estimate of drug-likeness (QED) is 0.178. The molecule has 3 amide bonds. The molecule has 8 heteroatoms. The summed E-state index contributed by atoms with van der Waals surface area (Å²) in [6, 6.07) is 27.3. The smallest absolute Gasteiger partial charge is 0.407 e. The van der Waals surface area contributed by atoms with Crippen LogP contribution in [0.15, 0.2) is 91.0 Å². The van der Waals surface area contributed by atoms with Gasteiger partial charge in [0.2, 0.25) is 11.8 Å². The number of alkyl carbamates (subject to hydrolysis) is 1. The van der Waals surface area contributed by atoms with E-state index in [2.05, 4.69) is 16.0 Å². The fraction of sp³-hybridized carbons (Fsp3) is 0.432. The van der Waals surface area contributed by atoms with Gasteiger partial charge in [-0.3, -0.25) is 9.59 Å². The standard InChI is InChI=1S/C37H49N3O5/c1-6-26(2)33(35(43)38-25-29-20-14-9-15-21-29)40-34(42)30(22-27-16-10-7-11-17-27)24-32(41)31(23-28-18-12-8-13-19-28)39-36(44)45-37(3,4)5/h7-21,26,30-33,41H,6,22-25H2,1-5H3,(H,38,43)(H,39,44)(H,40,42)/t26?,30-,31-,32-,33-/m0/s1. The monoisotopic (exact) mass is 615 g/mol. The number of rotatable bonds is 15. The van der Waals surface area contributed by atoms with Crippen molar-refractivity contribution in [3.8, 4) is 0 Å². The maximum Gasteiger partial charge on any atom is 0.407 e. The molecule has 3 aromatic rings. The summed E-state index contributed by atoms with van der Waals surface area (Å²) in [5, 5.41) is 20.4. The predicted molar refractivity (Wildman–Crippen MR) is 177 cm³/mol. The number of nitrogens with one attached hydrogen (secondary N) is 3. The molecule has 5 atom stereocenters. The lowest BCUT2D eigenvalue weighted by molar-refractivity contribution is -0.133. The lowest BCUT2D eigenvalue weighted by atomic mass is 9.88. The van der Waals surface area contributed by atoms with Crippen molar-refractivity contribution < 1.29 is 24.2 Å². The highest BCUT2D eigenvalue weighted by atomic mass is 16.6. The third-order valence-electron chi connectivity index (χ3n) is 7.79. The van der Waals surface area contributed by atoms with Crippen molar-refractivity contribution >= 4 is 17.9 Å². The van der Waals surface area contributed by atoms with E-state index in [1.807, 2.05) is 105 Å². The van der Waals surface area contributed by atoms with Gasteiger partial charge in [-0.05, 0) is 62.6 Å². The van der Waals surface area contributed by atoms with E-state index in [4.69, 9.17) is 4.74 Å². The first-order valence-electron chi connectivity index (χ1n) is 15.8. The second-order valence-electron chi connectivity index (χ2n) is 12.7. The lowest BCUT2D eigenvalue weighted by Gasteiger charge is -2.30. The maximum absolute atomic E-state index is 14.0. The minimum atomic E-state index is -1.08. The van der Waals surface area contributed by atoms with Gasteiger partial charge in [0.1, 0.15) is 11.6 Å². The van der Waals surface area contributed by atoms with Crippen LogP contribution >= 0.6 is 0 Å². The van der Waals surface area contributed by atoms with E-state index in [1.165, 1.54) is 0 Å². The Kier molecular flexibility index (Phi) is 13.6. The Labute approximate surface area is 268 Å². The highest BCUT2D eigenvalue weighted by Crippen LogP contribution is 2.21. The number of carbonyl (C=O) groups is 3. The van der Waals surface area contributed by atoms with Crippen LogP contribution in [0.25, 0.3) is 0 Å². The number of amides is 3. The molecule has 0 aliphatic rings. The molecule has 242 valence electrons. The Bertz CT molecular complexity index is 1330. The SMILES string of the molecule is CCC(C)[C@H](NC(=O)[C@@H](Cc1ccccc1)C[C@H](O)[C@H](Cc1ccccc1)NC(=O)OC(C)(C)C)C(=O)NCc1ccccc1. The molecule has 0 heterocycles. The van der Waals surface area contributed by atoms with Crippen molar-refractivity contribution in [2.24, 2.45) is 11.8 Å². The van der Waals surface area contributed by atoms with E-state index in [-0.39, 0.29) is 24.2 Å². The number of ether oxygens (including phenoxy) is 1. The average Bonchev–Trinajstić information content (AvgIpc) is 3.02. The molecule has 4 N–H and O–H groups in total. The molecule has 0 aliphatic heterocycles. The fourth-order valence-electron chi connectivity index (χ4n) is 5.12. The van der Waals surface area contributed by atoms with Crippen LogP contribution in [0.1, 0.15) is 64.2 Å². The van der Waals surface area contributed by atoms with Crippen LogP contribution in [-0.2, 0) is 33.7 Å². The van der Waals surface area contributed by atoms with Gasteiger partial charge < -0.3 is 25.8 Å². The first-order valence-corrected chi connectivity index (χ1v) is 15.8. The van der Waals surface area contributed by atoms with Crippen LogP contribution in [0.3, 0.4) is 0 Å². The van der Waals surface area contributed by atoms with Gasteiger partial charge in [0, 0.05) is 12.5 Å². The van der Waals surface area contributed by atoms with Gasteiger partial charge in [-0.15, -0.1) is 0 Å². The number of hydrogen-bond donors (Lipinski definition) is 4. The molecule has 0 aliphatic carbocycles. The second-order valence-corrected chi connectivity index (χ2v) is 12.7. The van der Waals surface area contributed by atoms with Crippen molar-refractivity contribution in [2.75, 3.05) is 0 Å². The van der Waals surface area contributed by atoms with Gasteiger partial charge in [-0.25, -0.2) is 4.79 Å². The molecule has 0 saturated heterocycles. The van der Waals surface area contributed by atoms with E-state index in [9.17, 15) is 19.5 Å². The molecule has 0 radical (unpaired) electrons. The van der Waals surface area contributed by atoms with Gasteiger partial charge in [0.05, 0.1) is 12.1 Å². The van der Waals surface area contributed by atoms with Crippen LogP contribution in [0.4, 0.5) is 4.79 Å². The van der Waals surface area contributed by atoms with Crippen LogP contribution < -0.4 is 16.0 Å². The number of benzene rings is 3. The minimum Gasteiger partial charge on any atom is -0.444 e. The summed E-state index contributed by atoms with van der Waals surface area (Å²) in [6.07, 6.45) is -0.267. The van der Waals surface area contributed by atoms with Crippen LogP contribution in [0.2, 0.25) is 0 Å². The molecule has 0 aromatic heterocycles. The molecule has 0 bridgehead atoms. The molecule has 0 saturated carbocycles. The first kappa shape index (κ1) is 35.3. The fourth-order valence-corrected chi connectivity index (χ4v) is 5.12. The molecule has 45 heavy (non-hydrogen) atoms. The van der Waals surface area contributed by atoms with Crippen LogP contribution in [-0.4, -0.2) is 46.8 Å². The van der Waals surface area contributed by atoms with E-state index in [0.29, 0.717) is 25.8 Å². The number of hydrogen-bond acceptors (Lipinski definition) is 5. The zero-order valence-electron chi connectivity index (χ0n) is 27.2. The predicted octanol–water partition coefficient (Wildman–Crippen LogP) is 5.58. The Balaban J connectivity index is 1.82. The molecule has 0 spiro atoms. The highest BCUT2D eigenvalue weighted by Gasteiger charge is 2.33. The topological polar surface area (TPSA) is 117 Å². The van der Waals surface area contributed by atoms with Gasteiger partial charge in [-0.2, -0.15) is 0 Å². The number of aliphatic hydroxyl groups is 1. The zero-order chi connectivity index (χ0) is 32.8. The van der Waals surface area contributed by atoms with Gasteiger partial charge in [0.15, 0.2) is 0 Å². The summed E-state index contributed by atoms with van der Waals surface area (Å²) in [5.74, 6) is -1.37. The largest absolute Gasteiger partial charge is 0.444 e. The summed E-state index contributed by atoms with van der Waals surface area (Å²) >= 11 is 0. The average molecular weight is 616 g/mol. The Hall–Kier alpha value is -4.17. The molecule has 3 rings (SSSR count). The van der Waals surface area contributed by atoms with Crippen molar-refractivity contribution in [3.63, 3.8) is 0 Å². The molecule has 0 fully saturated rings. The molecule has 3 aromatic carbocycles. The lowest BCUT2D eigenvalue weighted by Crippen LogP contribution is -2.53. The van der Waals surface area contributed by atoms with E-state index < -0.39 is 35.8 Å². The Morgan fingerprint density at radius 2 is 1.27 bits per heavy atom. The van der Waals surface area contributed by atoms with Gasteiger partial charge in [-0.1, -0.05) is 111 Å². The summed E-state index contributed by atoms with van der Waals surface area (Å²) in [5.41, 5.74) is 2.10. The van der Waals surface area contributed by atoms with E-state index >= 15 is 0 Å². The summed E-state index contributed by atoms with van der Waals surface area (Å²) in [7, 11) is 0. The zero-order valence-corrected chi connectivity index (χ0v) is 27.2. The van der Waals surface area contributed by atoms with Crippen LogP contribution in [0, 0.1) is 11.8 Å². The van der Waals surface area contributed by atoms with Crippen molar-refractivity contribution in [2.45, 2.75) is 90.6 Å². The minimum absolute atomic E-state index is 0.0624. The molecule has 1 unspecified atom stereocenters. The molecular weight excluding hydrogens is 566 g/mol. The summed E-state index contributed by atoms with van der Waals surface area (Å²) < 4.78 is 5.49. The number of carbonyl (C=O) groups excluding carboxylic acids is 3. The normalized spacial score (nSPS) is 14.7. The maximum atomic E-state index is 14.0. The van der Waals surface area contributed by atoms with Gasteiger partial charge in [0.25, 0.3) is 0 Å². The van der Waals surface area contributed by atoms with E-state index in [1.54, 1.807) is 20.8 Å².